The third-order valence-electron chi connectivity index (χ3n) is 3.06. The summed E-state index contributed by atoms with van der Waals surface area (Å²) in [6.07, 6.45) is 1.52. The number of nitrogens with one attached hydrogen (secondary N) is 1. The topological polar surface area (TPSA) is 67.8 Å². The van der Waals surface area contributed by atoms with Gasteiger partial charge in [-0.15, -0.1) is 0 Å². The monoisotopic (exact) mass is 365 g/mol. The van der Waals surface area contributed by atoms with E-state index in [1.165, 1.54) is 10.8 Å². The van der Waals surface area contributed by atoms with Gasteiger partial charge < -0.3 is 0 Å². The lowest BCUT2D eigenvalue weighted by atomic mass is 10.2. The van der Waals surface area contributed by atoms with Gasteiger partial charge in [-0.25, -0.2) is 9.78 Å². The number of halogens is 2. The van der Waals surface area contributed by atoms with Crippen molar-refractivity contribution in [3.05, 3.63) is 72.4 Å². The number of hydrogen-bond donors (Lipinski definition) is 1. The van der Waals surface area contributed by atoms with E-state index >= 15 is 0 Å². The van der Waals surface area contributed by atoms with E-state index < -0.39 is 11.2 Å². The highest BCUT2D eigenvalue weighted by Crippen LogP contribution is 2.15. The van der Waals surface area contributed by atoms with Crippen molar-refractivity contribution >= 4 is 38.6 Å². The maximum absolute atomic E-state index is 12.1. The SMILES string of the molecule is O=c1[nH]c(=O)n(Cc2ccc(Cl)cc2)c2cc(Br)cnc12. The second-order valence-electron chi connectivity index (χ2n) is 4.49. The number of aromatic amines is 1. The Balaban J connectivity index is 2.21. The molecule has 1 aromatic carbocycles. The van der Waals surface area contributed by atoms with Crippen LogP contribution in [0.1, 0.15) is 5.56 Å². The molecule has 0 aliphatic rings. The minimum atomic E-state index is -0.491. The molecule has 0 bridgehead atoms. The van der Waals surface area contributed by atoms with Crippen LogP contribution in [0.2, 0.25) is 5.02 Å². The second-order valence-corrected chi connectivity index (χ2v) is 5.85. The Morgan fingerprint density at radius 3 is 2.67 bits per heavy atom. The van der Waals surface area contributed by atoms with Crippen LogP contribution in [0.3, 0.4) is 0 Å². The van der Waals surface area contributed by atoms with Crippen LogP contribution in [0.25, 0.3) is 11.0 Å². The first-order valence-corrected chi connectivity index (χ1v) is 7.24. The standard InChI is InChI=1S/C14H9BrClN3O2/c15-9-5-11-12(17-6-9)13(20)18-14(21)19(11)7-8-1-3-10(16)4-2-8/h1-6H,7H2,(H,18,20,21). The Kier molecular flexibility index (Phi) is 3.65. The van der Waals surface area contributed by atoms with Gasteiger partial charge in [-0.3, -0.25) is 14.3 Å². The Hall–Kier alpha value is -1.92. The van der Waals surface area contributed by atoms with Crippen LogP contribution in [-0.2, 0) is 6.54 Å². The van der Waals surface area contributed by atoms with Crippen LogP contribution in [-0.4, -0.2) is 14.5 Å². The average Bonchev–Trinajstić information content (AvgIpc) is 2.45. The van der Waals surface area contributed by atoms with Gasteiger partial charge in [0.05, 0.1) is 12.1 Å². The summed E-state index contributed by atoms with van der Waals surface area (Å²) in [5.41, 5.74) is 0.645. The molecule has 0 spiro atoms. The van der Waals surface area contributed by atoms with E-state index in [1.807, 2.05) is 12.1 Å². The Morgan fingerprint density at radius 2 is 1.95 bits per heavy atom. The maximum atomic E-state index is 12.1. The second kappa shape index (κ2) is 5.46. The quantitative estimate of drug-likeness (QED) is 0.758. The van der Waals surface area contributed by atoms with Crippen molar-refractivity contribution in [3.63, 3.8) is 0 Å². The van der Waals surface area contributed by atoms with Crippen LogP contribution in [0, 0.1) is 0 Å². The van der Waals surface area contributed by atoms with Crippen molar-refractivity contribution in [2.24, 2.45) is 0 Å². The lowest BCUT2D eigenvalue weighted by Crippen LogP contribution is -2.31. The summed E-state index contributed by atoms with van der Waals surface area (Å²) in [7, 11) is 0. The van der Waals surface area contributed by atoms with Crippen LogP contribution in [0.4, 0.5) is 0 Å². The molecular formula is C14H9BrClN3O2. The van der Waals surface area contributed by atoms with E-state index in [0.717, 1.165) is 5.56 Å². The molecule has 0 unspecified atom stereocenters. The summed E-state index contributed by atoms with van der Waals surface area (Å²) >= 11 is 9.15. The van der Waals surface area contributed by atoms with Gasteiger partial charge in [0, 0.05) is 15.7 Å². The van der Waals surface area contributed by atoms with Crippen molar-refractivity contribution in [3.8, 4) is 0 Å². The molecule has 0 aliphatic heterocycles. The highest BCUT2D eigenvalue weighted by atomic mass is 79.9. The molecule has 0 aliphatic carbocycles. The van der Waals surface area contributed by atoms with Crippen molar-refractivity contribution in [2.45, 2.75) is 6.54 Å². The fraction of sp³-hybridized carbons (Fsp3) is 0.0714. The lowest BCUT2D eigenvalue weighted by molar-refractivity contribution is 0.754. The number of H-pyrrole nitrogens is 1. The van der Waals surface area contributed by atoms with E-state index in [4.69, 9.17) is 11.6 Å². The molecule has 106 valence electrons. The number of aromatic nitrogens is 3. The van der Waals surface area contributed by atoms with Crippen molar-refractivity contribution in [1.29, 1.82) is 0 Å². The smallest absolute Gasteiger partial charge is 0.287 e. The van der Waals surface area contributed by atoms with Crippen LogP contribution < -0.4 is 11.2 Å². The van der Waals surface area contributed by atoms with Crippen LogP contribution in [0.5, 0.6) is 0 Å². The number of rotatable bonds is 2. The molecule has 0 saturated carbocycles. The van der Waals surface area contributed by atoms with E-state index in [2.05, 4.69) is 25.9 Å². The first-order valence-electron chi connectivity index (χ1n) is 6.07. The highest BCUT2D eigenvalue weighted by Gasteiger charge is 2.09. The zero-order valence-corrected chi connectivity index (χ0v) is 13.0. The van der Waals surface area contributed by atoms with Gasteiger partial charge in [0.25, 0.3) is 5.56 Å². The van der Waals surface area contributed by atoms with Gasteiger partial charge in [0.15, 0.2) is 5.52 Å². The van der Waals surface area contributed by atoms with Crippen molar-refractivity contribution < 1.29 is 0 Å². The predicted octanol–water partition coefficient (Wildman–Crippen LogP) is 2.55. The number of pyridine rings is 1. The summed E-state index contributed by atoms with van der Waals surface area (Å²) in [6.45, 7) is 0.321. The molecule has 3 rings (SSSR count). The molecule has 0 fully saturated rings. The predicted molar refractivity (Wildman–Crippen MR) is 84.9 cm³/mol. The van der Waals surface area contributed by atoms with Crippen LogP contribution in [0.15, 0.2) is 50.6 Å². The zero-order chi connectivity index (χ0) is 15.0. The molecule has 2 heterocycles. The molecule has 7 heteroatoms. The van der Waals surface area contributed by atoms with Gasteiger partial charge >= 0.3 is 5.69 Å². The molecule has 5 nitrogen and oxygen atoms in total. The van der Waals surface area contributed by atoms with E-state index in [1.54, 1.807) is 18.2 Å². The molecule has 0 radical (unpaired) electrons. The Labute approximate surface area is 132 Å². The summed E-state index contributed by atoms with van der Waals surface area (Å²) in [6, 6.07) is 8.87. The summed E-state index contributed by atoms with van der Waals surface area (Å²) in [4.78, 5) is 30.2. The average molecular weight is 367 g/mol. The fourth-order valence-electron chi connectivity index (χ4n) is 2.07. The normalized spacial score (nSPS) is 11.0. The zero-order valence-electron chi connectivity index (χ0n) is 10.6. The maximum Gasteiger partial charge on any atom is 0.329 e. The van der Waals surface area contributed by atoms with Crippen LogP contribution >= 0.6 is 27.5 Å². The molecule has 21 heavy (non-hydrogen) atoms. The number of hydrogen-bond acceptors (Lipinski definition) is 3. The molecule has 3 aromatic rings. The minimum absolute atomic E-state index is 0.228. The number of nitrogens with zero attached hydrogens (tertiary/aromatic N) is 2. The first-order chi connectivity index (χ1) is 10.0. The van der Waals surface area contributed by atoms with E-state index in [0.29, 0.717) is 21.6 Å². The number of benzene rings is 1. The van der Waals surface area contributed by atoms with Crippen molar-refractivity contribution in [1.82, 2.24) is 14.5 Å². The lowest BCUT2D eigenvalue weighted by Gasteiger charge is -2.09. The minimum Gasteiger partial charge on any atom is -0.287 e. The largest absolute Gasteiger partial charge is 0.329 e. The van der Waals surface area contributed by atoms with Gasteiger partial charge in [0.1, 0.15) is 0 Å². The summed E-state index contributed by atoms with van der Waals surface area (Å²) < 4.78 is 2.17. The summed E-state index contributed by atoms with van der Waals surface area (Å²) in [5.74, 6) is 0. The van der Waals surface area contributed by atoms with Crippen molar-refractivity contribution in [2.75, 3.05) is 0 Å². The molecule has 0 saturated heterocycles. The highest BCUT2D eigenvalue weighted by molar-refractivity contribution is 9.10. The van der Waals surface area contributed by atoms with E-state index in [9.17, 15) is 9.59 Å². The Bertz CT molecular complexity index is 932. The Morgan fingerprint density at radius 1 is 1.24 bits per heavy atom. The fourth-order valence-corrected chi connectivity index (χ4v) is 2.52. The number of fused-ring (bicyclic) bond motifs is 1. The van der Waals surface area contributed by atoms with Gasteiger partial charge in [-0.1, -0.05) is 23.7 Å². The third-order valence-corrected chi connectivity index (χ3v) is 3.75. The molecule has 2 aromatic heterocycles. The van der Waals surface area contributed by atoms with Gasteiger partial charge in [-0.2, -0.15) is 0 Å². The summed E-state index contributed by atoms with van der Waals surface area (Å²) in [5, 5.41) is 0.627. The molecule has 1 N–H and O–H groups in total. The molecule has 0 amide bonds. The van der Waals surface area contributed by atoms with E-state index in [-0.39, 0.29) is 5.52 Å². The first kappa shape index (κ1) is 14.0. The third kappa shape index (κ3) is 2.77. The molecular weight excluding hydrogens is 358 g/mol. The molecule has 0 atom stereocenters. The van der Waals surface area contributed by atoms with Gasteiger partial charge in [0.2, 0.25) is 0 Å². The van der Waals surface area contributed by atoms with Gasteiger partial charge in [-0.05, 0) is 39.7 Å².